The second kappa shape index (κ2) is 6.95. The summed E-state index contributed by atoms with van der Waals surface area (Å²) in [6, 6.07) is 5.71. The van der Waals surface area contributed by atoms with Crippen LogP contribution in [0.1, 0.15) is 44.2 Å². The minimum atomic E-state index is -0.122. The van der Waals surface area contributed by atoms with E-state index in [1.165, 1.54) is 0 Å². The van der Waals surface area contributed by atoms with Crippen molar-refractivity contribution in [3.8, 4) is 11.5 Å². The maximum absolute atomic E-state index is 6.18. The van der Waals surface area contributed by atoms with Gasteiger partial charge in [-0.2, -0.15) is 0 Å². The average Bonchev–Trinajstić information content (AvgIpc) is 2.46. The minimum Gasteiger partial charge on any atom is -0.496 e. The summed E-state index contributed by atoms with van der Waals surface area (Å²) in [4.78, 5) is 0. The molecule has 1 fully saturated rings. The average molecular weight is 279 g/mol. The lowest BCUT2D eigenvalue weighted by Crippen LogP contribution is -2.30. The summed E-state index contributed by atoms with van der Waals surface area (Å²) in [5, 5.41) is 0. The molecule has 0 radical (unpaired) electrons. The molecule has 1 aliphatic rings. The fourth-order valence-electron chi connectivity index (χ4n) is 2.86. The highest BCUT2D eigenvalue weighted by Crippen LogP contribution is 2.35. The van der Waals surface area contributed by atoms with Gasteiger partial charge in [-0.15, -0.1) is 0 Å². The molecule has 2 N–H and O–H groups in total. The standard InChI is InChI=1S/C16H25NO3/c1-11(17)16-14(19-3)8-5-9-15(16)20-13-7-4-6-12(10-13)18-2/h5,8-9,11-13H,4,6-7,10,17H2,1-3H3/t11-,12?,13?/m1/s1. The highest BCUT2D eigenvalue weighted by atomic mass is 16.5. The number of nitrogens with two attached hydrogens (primary N) is 1. The van der Waals surface area contributed by atoms with E-state index in [0.29, 0.717) is 6.10 Å². The van der Waals surface area contributed by atoms with Gasteiger partial charge < -0.3 is 19.9 Å². The second-order valence-electron chi connectivity index (χ2n) is 5.42. The van der Waals surface area contributed by atoms with Crippen molar-refractivity contribution in [3.05, 3.63) is 23.8 Å². The number of hydrogen-bond acceptors (Lipinski definition) is 4. The van der Waals surface area contributed by atoms with Gasteiger partial charge in [0, 0.05) is 19.6 Å². The maximum atomic E-state index is 6.18. The molecule has 0 bridgehead atoms. The number of hydrogen-bond donors (Lipinski definition) is 1. The van der Waals surface area contributed by atoms with E-state index >= 15 is 0 Å². The third-order valence-corrected chi connectivity index (χ3v) is 3.91. The van der Waals surface area contributed by atoms with E-state index in [2.05, 4.69) is 0 Å². The Morgan fingerprint density at radius 3 is 2.50 bits per heavy atom. The van der Waals surface area contributed by atoms with Gasteiger partial charge in [0.2, 0.25) is 0 Å². The van der Waals surface area contributed by atoms with Crippen LogP contribution >= 0.6 is 0 Å². The van der Waals surface area contributed by atoms with Crippen LogP contribution in [0, 0.1) is 0 Å². The first kappa shape index (κ1) is 15.1. The molecular formula is C16H25NO3. The van der Waals surface area contributed by atoms with Gasteiger partial charge in [-0.05, 0) is 38.3 Å². The van der Waals surface area contributed by atoms with E-state index in [0.717, 1.165) is 42.7 Å². The van der Waals surface area contributed by atoms with E-state index in [1.807, 2.05) is 25.1 Å². The van der Waals surface area contributed by atoms with Gasteiger partial charge in [-0.25, -0.2) is 0 Å². The molecule has 1 aromatic carbocycles. The van der Waals surface area contributed by atoms with Gasteiger partial charge in [0.05, 0.1) is 18.8 Å². The number of ether oxygens (including phenoxy) is 3. The molecule has 4 nitrogen and oxygen atoms in total. The Kier molecular flexibility index (Phi) is 5.26. The molecule has 0 saturated heterocycles. The van der Waals surface area contributed by atoms with Gasteiger partial charge in [-0.1, -0.05) is 6.07 Å². The molecule has 0 heterocycles. The molecule has 2 rings (SSSR count). The molecule has 0 aromatic heterocycles. The van der Waals surface area contributed by atoms with Crippen molar-refractivity contribution in [2.75, 3.05) is 14.2 Å². The summed E-state index contributed by atoms with van der Waals surface area (Å²) in [6.07, 6.45) is 4.76. The fraction of sp³-hybridized carbons (Fsp3) is 0.625. The van der Waals surface area contributed by atoms with E-state index in [-0.39, 0.29) is 12.1 Å². The Balaban J connectivity index is 2.16. The first-order valence-electron chi connectivity index (χ1n) is 7.27. The van der Waals surface area contributed by atoms with E-state index < -0.39 is 0 Å². The van der Waals surface area contributed by atoms with Gasteiger partial charge in [-0.3, -0.25) is 0 Å². The van der Waals surface area contributed by atoms with Gasteiger partial charge in [0.25, 0.3) is 0 Å². The smallest absolute Gasteiger partial charge is 0.128 e. The fourth-order valence-corrected chi connectivity index (χ4v) is 2.86. The Morgan fingerprint density at radius 1 is 1.15 bits per heavy atom. The van der Waals surface area contributed by atoms with Crippen molar-refractivity contribution in [1.82, 2.24) is 0 Å². The Labute approximate surface area is 121 Å². The number of benzene rings is 1. The molecular weight excluding hydrogens is 254 g/mol. The van der Waals surface area contributed by atoms with Crippen molar-refractivity contribution in [3.63, 3.8) is 0 Å². The third kappa shape index (κ3) is 3.44. The molecule has 1 saturated carbocycles. The lowest BCUT2D eigenvalue weighted by molar-refractivity contribution is 0.0205. The molecule has 4 heteroatoms. The Hall–Kier alpha value is -1.26. The molecule has 112 valence electrons. The van der Waals surface area contributed by atoms with E-state index in [9.17, 15) is 0 Å². The summed E-state index contributed by atoms with van der Waals surface area (Å²) < 4.78 is 17.0. The summed E-state index contributed by atoms with van der Waals surface area (Å²) in [5.41, 5.74) is 7.00. The molecule has 1 aromatic rings. The summed E-state index contributed by atoms with van der Waals surface area (Å²) in [5.74, 6) is 1.62. The van der Waals surface area contributed by atoms with Crippen LogP contribution in [0.4, 0.5) is 0 Å². The first-order valence-corrected chi connectivity index (χ1v) is 7.27. The van der Waals surface area contributed by atoms with Gasteiger partial charge in [0.1, 0.15) is 17.6 Å². The highest BCUT2D eigenvalue weighted by molar-refractivity contribution is 5.46. The molecule has 0 aliphatic heterocycles. The van der Waals surface area contributed by atoms with Crippen molar-refractivity contribution in [2.24, 2.45) is 5.73 Å². The molecule has 0 spiro atoms. The Bertz CT molecular complexity index is 434. The number of rotatable bonds is 5. The van der Waals surface area contributed by atoms with Crippen molar-refractivity contribution >= 4 is 0 Å². The topological polar surface area (TPSA) is 53.7 Å². The summed E-state index contributed by atoms with van der Waals surface area (Å²) in [6.45, 7) is 1.95. The predicted octanol–water partition coefficient (Wildman–Crippen LogP) is 3.05. The van der Waals surface area contributed by atoms with E-state index in [1.54, 1.807) is 14.2 Å². The summed E-state index contributed by atoms with van der Waals surface area (Å²) >= 11 is 0. The Morgan fingerprint density at radius 2 is 1.85 bits per heavy atom. The highest BCUT2D eigenvalue weighted by Gasteiger charge is 2.25. The lowest BCUT2D eigenvalue weighted by Gasteiger charge is -2.30. The van der Waals surface area contributed by atoms with Crippen molar-refractivity contribution < 1.29 is 14.2 Å². The van der Waals surface area contributed by atoms with Crippen LogP contribution in [0.15, 0.2) is 18.2 Å². The molecule has 20 heavy (non-hydrogen) atoms. The quantitative estimate of drug-likeness (QED) is 0.900. The van der Waals surface area contributed by atoms with Crippen LogP contribution in [-0.4, -0.2) is 26.4 Å². The largest absolute Gasteiger partial charge is 0.496 e. The van der Waals surface area contributed by atoms with Crippen molar-refractivity contribution in [2.45, 2.75) is 50.9 Å². The first-order chi connectivity index (χ1) is 9.65. The third-order valence-electron chi connectivity index (χ3n) is 3.91. The molecule has 1 aliphatic carbocycles. The maximum Gasteiger partial charge on any atom is 0.128 e. The molecule has 2 unspecified atom stereocenters. The van der Waals surface area contributed by atoms with Crippen LogP contribution in [-0.2, 0) is 4.74 Å². The van der Waals surface area contributed by atoms with Crippen LogP contribution in [0.25, 0.3) is 0 Å². The predicted molar refractivity (Wildman–Crippen MR) is 79.3 cm³/mol. The molecule has 0 amide bonds. The van der Waals surface area contributed by atoms with Gasteiger partial charge in [0.15, 0.2) is 0 Å². The van der Waals surface area contributed by atoms with Crippen LogP contribution in [0.5, 0.6) is 11.5 Å². The zero-order chi connectivity index (χ0) is 14.5. The van der Waals surface area contributed by atoms with Crippen LogP contribution < -0.4 is 15.2 Å². The minimum absolute atomic E-state index is 0.122. The lowest BCUT2D eigenvalue weighted by atomic mass is 9.94. The second-order valence-corrected chi connectivity index (χ2v) is 5.42. The molecule has 3 atom stereocenters. The van der Waals surface area contributed by atoms with Crippen LogP contribution in [0.2, 0.25) is 0 Å². The van der Waals surface area contributed by atoms with Crippen molar-refractivity contribution in [1.29, 1.82) is 0 Å². The zero-order valence-electron chi connectivity index (χ0n) is 12.6. The normalized spacial score (nSPS) is 24.2. The van der Waals surface area contributed by atoms with Crippen LogP contribution in [0.3, 0.4) is 0 Å². The van der Waals surface area contributed by atoms with Gasteiger partial charge >= 0.3 is 0 Å². The number of methoxy groups -OCH3 is 2. The SMILES string of the molecule is COc1cccc(OC2CCCC(OC)C2)c1[C@@H](C)N. The zero-order valence-corrected chi connectivity index (χ0v) is 12.6. The van der Waals surface area contributed by atoms with E-state index in [4.69, 9.17) is 19.9 Å². The monoisotopic (exact) mass is 279 g/mol. The summed E-state index contributed by atoms with van der Waals surface area (Å²) in [7, 11) is 3.43.